The molecule has 15 heteroatoms. The Morgan fingerprint density at radius 1 is 1.41 bits per heavy atom. The second kappa shape index (κ2) is 8.73. The van der Waals surface area contributed by atoms with Gasteiger partial charge in [-0.2, -0.15) is 4.40 Å². The van der Waals surface area contributed by atoms with Gasteiger partial charge < -0.3 is 21.0 Å². The predicted octanol–water partition coefficient (Wildman–Crippen LogP) is 0.116. The van der Waals surface area contributed by atoms with Crippen LogP contribution in [0.3, 0.4) is 0 Å². The molecule has 2 atom stereocenters. The SMILES string of the molecule is CON=C(C(=O)N[C@@H]1C(=O)N2C(C(=O)O)=C(C[n+]3ccn4ccsc43)CS[C@@H]12)c1csc(N)n1. The van der Waals surface area contributed by atoms with Gasteiger partial charge in [0.2, 0.25) is 0 Å². The van der Waals surface area contributed by atoms with Crippen molar-refractivity contribution in [2.24, 2.45) is 5.16 Å². The number of nitrogens with zero attached hydrogens (tertiary/aromatic N) is 5. The highest BCUT2D eigenvalue weighted by Crippen LogP contribution is 2.40. The van der Waals surface area contributed by atoms with Gasteiger partial charge in [-0.25, -0.2) is 14.3 Å². The van der Waals surface area contributed by atoms with E-state index in [1.807, 2.05) is 32.9 Å². The zero-order chi connectivity index (χ0) is 24.0. The van der Waals surface area contributed by atoms with E-state index in [1.54, 1.807) is 5.38 Å². The molecule has 5 rings (SSSR count). The van der Waals surface area contributed by atoms with Crippen molar-refractivity contribution in [3.8, 4) is 0 Å². The van der Waals surface area contributed by atoms with Crippen LogP contribution < -0.4 is 15.6 Å². The highest BCUT2D eigenvalue weighted by atomic mass is 32.2. The van der Waals surface area contributed by atoms with E-state index in [0.29, 0.717) is 17.9 Å². The van der Waals surface area contributed by atoms with Crippen molar-refractivity contribution in [2.45, 2.75) is 18.0 Å². The summed E-state index contributed by atoms with van der Waals surface area (Å²) >= 11 is 4.07. The van der Waals surface area contributed by atoms with Crippen molar-refractivity contribution in [1.82, 2.24) is 19.6 Å². The van der Waals surface area contributed by atoms with Gasteiger partial charge in [0.05, 0.1) is 0 Å². The van der Waals surface area contributed by atoms with E-state index >= 15 is 0 Å². The van der Waals surface area contributed by atoms with Crippen molar-refractivity contribution in [3.63, 3.8) is 0 Å². The Kier molecular flexibility index (Phi) is 5.75. The molecule has 0 spiro atoms. The molecule has 3 aromatic heterocycles. The standard InChI is InChI=1S/C19H17N7O5S3/c1-31-23-11(10-8-34-18(20)21-10)14(27)22-12-15(28)26-13(17(29)30)9(7-33-16(12)26)6-25-3-2-24-4-5-32-19(24)25/h2-5,8,12,16H,6-7H2,1H3,(H3-,20,21,22,27,29,30)/p+1/t12-,16+/m1/s1. The number of rotatable bonds is 7. The van der Waals surface area contributed by atoms with Crippen LogP contribution in [0.5, 0.6) is 0 Å². The maximum atomic E-state index is 13.0. The Balaban J connectivity index is 1.36. The minimum Gasteiger partial charge on any atom is -0.477 e. The number of nitrogen functional groups attached to an aromatic ring is 1. The third kappa shape index (κ3) is 3.70. The molecule has 1 saturated heterocycles. The first-order valence-electron chi connectivity index (χ1n) is 9.86. The molecule has 0 bridgehead atoms. The Hall–Kier alpha value is -3.43. The van der Waals surface area contributed by atoms with E-state index < -0.39 is 29.2 Å². The molecular weight excluding hydrogens is 502 g/mol. The highest BCUT2D eigenvalue weighted by Gasteiger charge is 2.54. The Morgan fingerprint density at radius 2 is 2.24 bits per heavy atom. The van der Waals surface area contributed by atoms with Gasteiger partial charge in [-0.1, -0.05) is 16.5 Å². The summed E-state index contributed by atoms with van der Waals surface area (Å²) in [6.45, 7) is 0.342. The second-order valence-electron chi connectivity index (χ2n) is 7.33. The number of anilines is 1. The van der Waals surface area contributed by atoms with Crippen LogP contribution in [0.1, 0.15) is 5.69 Å². The van der Waals surface area contributed by atoms with Gasteiger partial charge in [0, 0.05) is 22.1 Å². The largest absolute Gasteiger partial charge is 0.477 e. The van der Waals surface area contributed by atoms with Gasteiger partial charge in [-0.3, -0.25) is 14.5 Å². The van der Waals surface area contributed by atoms with Crippen molar-refractivity contribution < 1.29 is 28.9 Å². The summed E-state index contributed by atoms with van der Waals surface area (Å²) in [4.78, 5) is 48.9. The molecule has 12 nitrogen and oxygen atoms in total. The van der Waals surface area contributed by atoms with E-state index in [-0.39, 0.29) is 22.2 Å². The van der Waals surface area contributed by atoms with E-state index in [1.165, 1.54) is 35.1 Å². The van der Waals surface area contributed by atoms with Crippen LogP contribution in [0.15, 0.2) is 45.8 Å². The topological polar surface area (TPSA) is 156 Å². The summed E-state index contributed by atoms with van der Waals surface area (Å²) in [7, 11) is 1.29. The molecule has 3 aromatic rings. The Bertz CT molecular complexity index is 1370. The molecule has 1 fully saturated rings. The summed E-state index contributed by atoms with van der Waals surface area (Å²) in [6.07, 6.45) is 5.68. The maximum Gasteiger partial charge on any atom is 0.352 e. The number of fused-ring (bicyclic) bond motifs is 2. The number of carboxylic acid groups (broad SMARTS) is 1. The van der Waals surface area contributed by atoms with Crippen molar-refractivity contribution >= 4 is 68.0 Å². The Morgan fingerprint density at radius 3 is 2.94 bits per heavy atom. The number of nitrogens with two attached hydrogens (primary N) is 1. The van der Waals surface area contributed by atoms with Gasteiger partial charge in [0.25, 0.3) is 11.8 Å². The number of hydrogen-bond donors (Lipinski definition) is 3. The van der Waals surface area contributed by atoms with Crippen LogP contribution in [-0.4, -0.2) is 67.2 Å². The van der Waals surface area contributed by atoms with Crippen LogP contribution in [0.4, 0.5) is 5.13 Å². The number of thioether (sulfide) groups is 1. The van der Waals surface area contributed by atoms with E-state index in [2.05, 4.69) is 15.5 Å². The summed E-state index contributed by atoms with van der Waals surface area (Å²) < 4.78 is 3.89. The average molecular weight is 521 g/mol. The van der Waals surface area contributed by atoms with Crippen molar-refractivity contribution in [3.05, 3.63) is 46.3 Å². The van der Waals surface area contributed by atoms with Crippen molar-refractivity contribution in [1.29, 1.82) is 0 Å². The minimum absolute atomic E-state index is 0.0410. The molecule has 2 aliphatic rings. The quantitative estimate of drug-likeness (QED) is 0.172. The predicted molar refractivity (Wildman–Crippen MR) is 125 cm³/mol. The molecule has 2 amide bonds. The lowest BCUT2D eigenvalue weighted by Gasteiger charge is -2.49. The van der Waals surface area contributed by atoms with E-state index in [9.17, 15) is 19.5 Å². The van der Waals surface area contributed by atoms with Crippen molar-refractivity contribution in [2.75, 3.05) is 18.6 Å². The summed E-state index contributed by atoms with van der Waals surface area (Å²) in [5.74, 6) is -1.94. The number of carbonyl (C=O) groups is 3. The molecule has 176 valence electrons. The van der Waals surface area contributed by atoms with Gasteiger partial charge >= 0.3 is 10.9 Å². The third-order valence-electron chi connectivity index (χ3n) is 5.33. The summed E-state index contributed by atoms with van der Waals surface area (Å²) in [5.41, 5.74) is 6.32. The summed E-state index contributed by atoms with van der Waals surface area (Å²) in [5, 5.41) is 19.5. The highest BCUT2D eigenvalue weighted by molar-refractivity contribution is 8.00. The average Bonchev–Trinajstić information content (AvgIpc) is 3.54. The number of carboxylic acids is 1. The molecule has 0 radical (unpaired) electrons. The number of hydrogen-bond acceptors (Lipinski definition) is 10. The molecule has 2 aliphatic heterocycles. The lowest BCUT2D eigenvalue weighted by atomic mass is 10.0. The first kappa shape index (κ1) is 22.4. The normalized spacial score (nSPS) is 20.3. The molecule has 0 aliphatic carbocycles. The minimum atomic E-state index is -1.18. The number of nitrogens with one attached hydrogen (secondary N) is 1. The fraction of sp³-hybridized carbons (Fsp3) is 0.263. The lowest BCUT2D eigenvalue weighted by molar-refractivity contribution is -0.660. The van der Waals surface area contributed by atoms with Crippen LogP contribution in [0.25, 0.3) is 4.96 Å². The molecule has 34 heavy (non-hydrogen) atoms. The van der Waals surface area contributed by atoms with E-state index in [0.717, 1.165) is 16.3 Å². The zero-order valence-electron chi connectivity index (χ0n) is 17.6. The second-order valence-corrected chi connectivity index (χ2v) is 10.2. The van der Waals surface area contributed by atoms with Crippen LogP contribution in [0, 0.1) is 0 Å². The van der Waals surface area contributed by atoms with E-state index in [4.69, 9.17) is 10.6 Å². The number of oxime groups is 1. The molecule has 0 unspecified atom stereocenters. The Labute approximate surface area is 204 Å². The van der Waals surface area contributed by atoms with Gasteiger partial charge in [-0.05, 0) is 0 Å². The molecular formula is C19H18N7O5S3+. The maximum absolute atomic E-state index is 13.0. The first-order valence-corrected chi connectivity index (χ1v) is 12.7. The molecule has 0 aromatic carbocycles. The zero-order valence-corrected chi connectivity index (χ0v) is 20.0. The number of β-lactam (4-membered cyclic amide) rings is 1. The lowest BCUT2D eigenvalue weighted by Crippen LogP contribution is -2.71. The number of aromatic nitrogens is 3. The summed E-state index contributed by atoms with van der Waals surface area (Å²) in [6, 6.07) is -0.905. The molecule has 5 heterocycles. The number of thiazole rings is 2. The van der Waals surface area contributed by atoms with Crippen LogP contribution in [-0.2, 0) is 25.8 Å². The van der Waals surface area contributed by atoms with Crippen LogP contribution >= 0.6 is 34.4 Å². The molecule has 0 saturated carbocycles. The van der Waals surface area contributed by atoms with Gasteiger partial charge in [0.15, 0.2) is 10.8 Å². The molecule has 4 N–H and O–H groups in total. The number of amides is 2. The smallest absolute Gasteiger partial charge is 0.352 e. The fourth-order valence-corrected chi connectivity index (χ4v) is 6.56. The number of aliphatic carboxylic acids is 1. The van der Waals surface area contributed by atoms with Gasteiger partial charge in [0.1, 0.15) is 55.1 Å². The first-order chi connectivity index (χ1) is 16.4. The number of imidazole rings is 1. The third-order valence-corrected chi connectivity index (χ3v) is 8.26. The van der Waals surface area contributed by atoms with Crippen LogP contribution in [0.2, 0.25) is 0 Å². The monoisotopic (exact) mass is 520 g/mol. The number of carbonyl (C=O) groups excluding carboxylic acids is 2. The van der Waals surface area contributed by atoms with Gasteiger partial charge in [-0.15, -0.1) is 23.1 Å². The fourth-order valence-electron chi connectivity index (χ4n) is 3.86.